The van der Waals surface area contributed by atoms with Gasteiger partial charge in [0.05, 0.1) is 0 Å². The molecule has 0 bridgehead atoms. The van der Waals surface area contributed by atoms with E-state index >= 15 is 0 Å². The van der Waals surface area contributed by atoms with Crippen molar-refractivity contribution in [3.05, 3.63) is 72.6 Å². The number of benzene rings is 2. The maximum absolute atomic E-state index is 4.79. The van der Waals surface area contributed by atoms with Gasteiger partial charge in [0.25, 0.3) is 0 Å². The summed E-state index contributed by atoms with van der Waals surface area (Å²) in [5.74, 6) is 1.74. The molecule has 0 aliphatic carbocycles. The van der Waals surface area contributed by atoms with Gasteiger partial charge in [-0.05, 0) is 41.5 Å². The number of anilines is 1. The van der Waals surface area contributed by atoms with Crippen LogP contribution in [0.4, 0.5) is 5.82 Å². The fourth-order valence-electron chi connectivity index (χ4n) is 4.75. The van der Waals surface area contributed by atoms with Gasteiger partial charge in [0.15, 0.2) is 0 Å². The second kappa shape index (κ2) is 8.99. The molecule has 6 rings (SSSR count). The number of aromatic nitrogens is 2. The molecule has 0 spiro atoms. The molecule has 2 aromatic heterocycles. The Hall–Kier alpha value is -2.40. The maximum Gasteiger partial charge on any atom is 0.128 e. The molecule has 4 aromatic rings. The van der Waals surface area contributed by atoms with E-state index in [1.165, 1.54) is 32.9 Å². The summed E-state index contributed by atoms with van der Waals surface area (Å²) in [6, 6.07) is 19.5. The van der Waals surface area contributed by atoms with Crippen LogP contribution in [-0.2, 0) is 0 Å². The smallest absolute Gasteiger partial charge is 0.128 e. The van der Waals surface area contributed by atoms with Gasteiger partial charge in [-0.15, -0.1) is 37.2 Å². The summed E-state index contributed by atoms with van der Waals surface area (Å²) in [6.07, 6.45) is 4.31. The molecule has 31 heavy (non-hydrogen) atoms. The Morgan fingerprint density at radius 2 is 1.65 bits per heavy atom. The largest absolute Gasteiger partial charge is 0.380 e. The highest BCUT2D eigenvalue weighted by Crippen LogP contribution is 2.33. The molecule has 0 saturated carbocycles. The predicted molar refractivity (Wildman–Crippen MR) is 137 cm³/mol. The van der Waals surface area contributed by atoms with E-state index in [0.29, 0.717) is 5.92 Å². The monoisotopic (exact) mass is 474 g/mol. The van der Waals surface area contributed by atoms with Crippen LogP contribution >= 0.6 is 37.2 Å². The Morgan fingerprint density at radius 3 is 2.42 bits per heavy atom. The Labute approximate surface area is 200 Å². The molecule has 2 aliphatic heterocycles. The van der Waals surface area contributed by atoms with Gasteiger partial charge in [0, 0.05) is 72.4 Å². The summed E-state index contributed by atoms with van der Waals surface area (Å²) in [5, 5.41) is 2.53. The van der Waals surface area contributed by atoms with E-state index < -0.39 is 0 Å². The van der Waals surface area contributed by atoms with Gasteiger partial charge >= 0.3 is 0 Å². The quantitative estimate of drug-likeness (QED) is 0.391. The zero-order valence-corrected chi connectivity index (χ0v) is 19.6. The van der Waals surface area contributed by atoms with Crippen molar-refractivity contribution < 1.29 is 0 Å². The van der Waals surface area contributed by atoms with E-state index in [2.05, 4.69) is 82.6 Å². The lowest BCUT2D eigenvalue weighted by molar-refractivity contribution is 0.442. The topological polar surface area (TPSA) is 35.2 Å². The summed E-state index contributed by atoms with van der Waals surface area (Å²) in [6.45, 7) is 3.21. The van der Waals surface area contributed by atoms with Crippen LogP contribution < -0.4 is 4.90 Å². The average Bonchev–Trinajstić information content (AvgIpc) is 3.38. The number of rotatable bonds is 2. The molecular formula is C24H25Cl3N4. The molecule has 1 fully saturated rings. The molecule has 1 saturated heterocycles. The van der Waals surface area contributed by atoms with Crippen LogP contribution in [0.1, 0.15) is 0 Å². The number of nitrogens with one attached hydrogen (secondary N) is 1. The summed E-state index contributed by atoms with van der Waals surface area (Å²) >= 11 is 0. The third-order valence-electron chi connectivity index (χ3n) is 6.14. The van der Waals surface area contributed by atoms with Crippen molar-refractivity contribution in [2.24, 2.45) is 5.92 Å². The van der Waals surface area contributed by atoms with Crippen molar-refractivity contribution in [3.8, 4) is 11.1 Å². The standard InChI is InChI=1S/C24H22N4.3ClH/c1-27-12-18-14-28(15-19(18)13-27)24-9-7-17(11-25-24)16-6-8-23-21(10-16)20-4-2-3-5-22(20)26-23;;;/h2-12,19,26H,13-15H2,1H3;3*1H. The van der Waals surface area contributed by atoms with Gasteiger partial charge in [-0.2, -0.15) is 0 Å². The molecule has 2 aliphatic rings. The number of nitrogens with zero attached hydrogens (tertiary/aromatic N) is 3. The third-order valence-corrected chi connectivity index (χ3v) is 6.14. The summed E-state index contributed by atoms with van der Waals surface area (Å²) in [4.78, 5) is 13.0. The van der Waals surface area contributed by atoms with Crippen molar-refractivity contribution in [1.29, 1.82) is 0 Å². The predicted octanol–water partition coefficient (Wildman–Crippen LogP) is 5.91. The number of hydrogen-bond acceptors (Lipinski definition) is 3. The molecule has 0 amide bonds. The lowest BCUT2D eigenvalue weighted by Gasteiger charge is -2.19. The summed E-state index contributed by atoms with van der Waals surface area (Å²) in [7, 11) is 2.16. The van der Waals surface area contributed by atoms with Gasteiger partial charge in [0.1, 0.15) is 5.82 Å². The molecule has 0 radical (unpaired) electrons. The lowest BCUT2D eigenvalue weighted by Crippen LogP contribution is -2.24. The number of pyridine rings is 1. The first-order valence-electron chi connectivity index (χ1n) is 9.87. The van der Waals surface area contributed by atoms with Crippen LogP contribution in [0.15, 0.2) is 72.6 Å². The number of para-hydroxylation sites is 1. The highest BCUT2D eigenvalue weighted by atomic mass is 35.5. The van der Waals surface area contributed by atoms with Crippen LogP contribution in [0, 0.1) is 5.92 Å². The van der Waals surface area contributed by atoms with E-state index in [0.717, 1.165) is 31.0 Å². The van der Waals surface area contributed by atoms with Crippen molar-refractivity contribution in [1.82, 2.24) is 14.9 Å². The zero-order chi connectivity index (χ0) is 18.7. The fourth-order valence-corrected chi connectivity index (χ4v) is 4.75. The highest BCUT2D eigenvalue weighted by molar-refractivity contribution is 6.08. The first-order valence-corrected chi connectivity index (χ1v) is 9.87. The van der Waals surface area contributed by atoms with Gasteiger partial charge in [-0.3, -0.25) is 0 Å². The normalized spacial score (nSPS) is 17.1. The van der Waals surface area contributed by atoms with Crippen molar-refractivity contribution >= 4 is 64.8 Å². The van der Waals surface area contributed by atoms with E-state index in [9.17, 15) is 0 Å². The molecular weight excluding hydrogens is 451 g/mol. The van der Waals surface area contributed by atoms with Gasteiger partial charge in [-0.25, -0.2) is 4.98 Å². The molecule has 4 nitrogen and oxygen atoms in total. The third kappa shape index (κ3) is 3.96. The highest BCUT2D eigenvalue weighted by Gasteiger charge is 2.32. The first kappa shape index (κ1) is 23.3. The van der Waals surface area contributed by atoms with E-state index in [1.807, 2.05) is 6.20 Å². The van der Waals surface area contributed by atoms with E-state index in [-0.39, 0.29) is 37.2 Å². The molecule has 1 atom stereocenters. The Morgan fingerprint density at radius 1 is 0.871 bits per heavy atom. The average molecular weight is 476 g/mol. The molecule has 162 valence electrons. The van der Waals surface area contributed by atoms with Crippen LogP contribution in [0.5, 0.6) is 0 Å². The maximum atomic E-state index is 4.79. The minimum absolute atomic E-state index is 0. The number of hydrogen-bond donors (Lipinski definition) is 1. The zero-order valence-electron chi connectivity index (χ0n) is 17.1. The van der Waals surface area contributed by atoms with Crippen LogP contribution in [0.25, 0.3) is 32.9 Å². The Kier molecular flexibility index (Phi) is 6.75. The molecule has 1 unspecified atom stereocenters. The van der Waals surface area contributed by atoms with E-state index in [4.69, 9.17) is 4.98 Å². The number of halogens is 3. The second-order valence-corrected chi connectivity index (χ2v) is 8.06. The first-order chi connectivity index (χ1) is 13.7. The fraction of sp³-hybridized carbons (Fsp3) is 0.208. The van der Waals surface area contributed by atoms with Crippen molar-refractivity contribution in [2.45, 2.75) is 0 Å². The van der Waals surface area contributed by atoms with Crippen LogP contribution in [0.2, 0.25) is 0 Å². The van der Waals surface area contributed by atoms with Crippen molar-refractivity contribution in [3.63, 3.8) is 0 Å². The van der Waals surface area contributed by atoms with Crippen LogP contribution in [-0.4, -0.2) is 41.5 Å². The Balaban J connectivity index is 0.000000907. The summed E-state index contributed by atoms with van der Waals surface area (Å²) in [5.41, 5.74) is 6.27. The number of aromatic amines is 1. The van der Waals surface area contributed by atoms with Gasteiger partial charge in [-0.1, -0.05) is 24.3 Å². The van der Waals surface area contributed by atoms with E-state index in [1.54, 1.807) is 0 Å². The molecule has 1 N–H and O–H groups in total. The Bertz CT molecular complexity index is 1230. The second-order valence-electron chi connectivity index (χ2n) is 8.06. The minimum atomic E-state index is 0. The molecule has 4 heterocycles. The van der Waals surface area contributed by atoms with Gasteiger partial charge in [0.2, 0.25) is 0 Å². The number of H-pyrrole nitrogens is 1. The SMILES string of the molecule is CN1C=C2CN(c3ccc(-c4ccc5[nH]c6ccccc6c5c4)cn3)CC2C1.Cl.Cl.Cl. The number of fused-ring (bicyclic) bond motifs is 4. The van der Waals surface area contributed by atoms with Gasteiger partial charge < -0.3 is 14.8 Å². The van der Waals surface area contributed by atoms with Crippen molar-refractivity contribution in [2.75, 3.05) is 31.6 Å². The molecule has 2 aromatic carbocycles. The summed E-state index contributed by atoms with van der Waals surface area (Å²) < 4.78 is 0. The lowest BCUT2D eigenvalue weighted by atomic mass is 10.0. The molecule has 7 heteroatoms. The minimum Gasteiger partial charge on any atom is -0.380 e. The van der Waals surface area contributed by atoms with Crippen LogP contribution in [0.3, 0.4) is 0 Å².